The van der Waals surface area contributed by atoms with Crippen LogP contribution in [0.2, 0.25) is 0 Å². The summed E-state index contributed by atoms with van der Waals surface area (Å²) < 4.78 is 5.51. The molecule has 1 aliphatic carbocycles. The first-order valence-corrected chi connectivity index (χ1v) is 8.44. The van der Waals surface area contributed by atoms with Gasteiger partial charge in [0.1, 0.15) is 0 Å². The van der Waals surface area contributed by atoms with Crippen molar-refractivity contribution in [2.45, 2.75) is 54.7 Å². The Hall–Kier alpha value is -1.33. The molecule has 1 aliphatic rings. The van der Waals surface area contributed by atoms with Gasteiger partial charge in [0.2, 0.25) is 5.89 Å². The molecule has 1 atom stereocenters. The maximum absolute atomic E-state index is 6.40. The van der Waals surface area contributed by atoms with E-state index in [4.69, 9.17) is 10.3 Å². The van der Waals surface area contributed by atoms with E-state index in [9.17, 15) is 0 Å². The zero-order valence-electron chi connectivity index (χ0n) is 12.3. The Morgan fingerprint density at radius 1 is 1.29 bits per heavy atom. The molecule has 5 heteroatoms. The van der Waals surface area contributed by atoms with Gasteiger partial charge in [0.05, 0.1) is 10.8 Å². The van der Waals surface area contributed by atoms with Gasteiger partial charge in [-0.15, -0.1) is 11.8 Å². The summed E-state index contributed by atoms with van der Waals surface area (Å²) in [7, 11) is 0. The zero-order valence-corrected chi connectivity index (χ0v) is 13.1. The van der Waals surface area contributed by atoms with E-state index < -0.39 is 0 Å². The van der Waals surface area contributed by atoms with Crippen LogP contribution >= 0.6 is 11.8 Å². The quantitative estimate of drug-likeness (QED) is 0.844. The lowest BCUT2D eigenvalue weighted by molar-refractivity contribution is 0.346. The molecule has 3 rings (SSSR count). The molecule has 2 aromatic rings. The Kier molecular flexibility index (Phi) is 4.31. The molecule has 21 heavy (non-hydrogen) atoms. The van der Waals surface area contributed by atoms with Gasteiger partial charge in [0.15, 0.2) is 5.82 Å². The van der Waals surface area contributed by atoms with Crippen molar-refractivity contribution < 1.29 is 4.52 Å². The van der Waals surface area contributed by atoms with Gasteiger partial charge in [0, 0.05) is 4.90 Å². The van der Waals surface area contributed by atoms with E-state index in [1.165, 1.54) is 4.90 Å². The summed E-state index contributed by atoms with van der Waals surface area (Å²) in [6.07, 6.45) is 5.15. The van der Waals surface area contributed by atoms with Crippen LogP contribution in [0.25, 0.3) is 0 Å². The number of nitrogens with two attached hydrogens (primary N) is 1. The second-order valence-electron chi connectivity index (χ2n) is 5.65. The molecule has 0 amide bonds. The van der Waals surface area contributed by atoms with Gasteiger partial charge < -0.3 is 10.3 Å². The number of hydrogen-bond donors (Lipinski definition) is 1. The van der Waals surface area contributed by atoms with Gasteiger partial charge in [-0.1, -0.05) is 43.1 Å². The predicted octanol–water partition coefficient (Wildman–Crippen LogP) is 4.04. The molecule has 0 radical (unpaired) electrons. The van der Waals surface area contributed by atoms with Crippen molar-refractivity contribution >= 4 is 11.8 Å². The highest BCUT2D eigenvalue weighted by molar-refractivity contribution is 7.99. The number of hydrogen-bond acceptors (Lipinski definition) is 5. The smallest absolute Gasteiger partial charge is 0.240 e. The average Bonchev–Trinajstić information content (AvgIpc) is 3.16. The minimum atomic E-state index is -0.378. The van der Waals surface area contributed by atoms with E-state index in [-0.39, 0.29) is 10.8 Å². The summed E-state index contributed by atoms with van der Waals surface area (Å²) in [5.41, 5.74) is 6.02. The summed E-state index contributed by atoms with van der Waals surface area (Å²) in [6.45, 7) is 2.14. The van der Waals surface area contributed by atoms with E-state index in [0.717, 1.165) is 32.1 Å². The SMILES string of the molecule is CCC(Sc1ccccc1)c1nc(C2(N)CCCC2)no1. The van der Waals surface area contributed by atoms with Crippen molar-refractivity contribution in [2.75, 3.05) is 0 Å². The molecule has 2 N–H and O–H groups in total. The number of nitrogens with zero attached hydrogens (tertiary/aromatic N) is 2. The third kappa shape index (κ3) is 3.14. The Labute approximate surface area is 129 Å². The monoisotopic (exact) mass is 303 g/mol. The second-order valence-corrected chi connectivity index (χ2v) is 6.92. The van der Waals surface area contributed by atoms with E-state index in [2.05, 4.69) is 29.2 Å². The highest BCUT2D eigenvalue weighted by atomic mass is 32.2. The first-order chi connectivity index (χ1) is 10.2. The Bertz CT molecular complexity index is 578. The van der Waals surface area contributed by atoms with Gasteiger partial charge in [-0.3, -0.25) is 0 Å². The zero-order chi connectivity index (χ0) is 14.7. The van der Waals surface area contributed by atoms with Crippen molar-refractivity contribution in [3.05, 3.63) is 42.0 Å². The summed E-state index contributed by atoms with van der Waals surface area (Å²) in [4.78, 5) is 5.82. The molecule has 1 fully saturated rings. The molecule has 1 aromatic carbocycles. The van der Waals surface area contributed by atoms with Crippen LogP contribution in [0, 0.1) is 0 Å². The fourth-order valence-electron chi connectivity index (χ4n) is 2.77. The Morgan fingerprint density at radius 3 is 2.67 bits per heavy atom. The molecule has 1 heterocycles. The van der Waals surface area contributed by atoms with E-state index in [0.29, 0.717) is 11.7 Å². The Morgan fingerprint density at radius 2 is 2.00 bits per heavy atom. The third-order valence-corrected chi connectivity index (χ3v) is 5.41. The maximum atomic E-state index is 6.40. The fourth-order valence-corrected chi connectivity index (χ4v) is 3.78. The molecule has 0 aliphatic heterocycles. The van der Waals surface area contributed by atoms with E-state index in [1.54, 1.807) is 11.8 Å². The summed E-state index contributed by atoms with van der Waals surface area (Å²) in [5.74, 6) is 1.38. The fraction of sp³-hybridized carbons (Fsp3) is 0.500. The molecule has 0 spiro atoms. The molecule has 1 saturated carbocycles. The molecular formula is C16H21N3OS. The van der Waals surface area contributed by atoms with Crippen molar-refractivity contribution in [1.82, 2.24) is 10.1 Å². The van der Waals surface area contributed by atoms with Crippen molar-refractivity contribution in [2.24, 2.45) is 5.73 Å². The first-order valence-electron chi connectivity index (χ1n) is 7.56. The number of benzene rings is 1. The van der Waals surface area contributed by atoms with Crippen LogP contribution in [-0.4, -0.2) is 10.1 Å². The minimum absolute atomic E-state index is 0.179. The number of thioether (sulfide) groups is 1. The van der Waals surface area contributed by atoms with Crippen molar-refractivity contribution in [3.8, 4) is 0 Å². The number of aromatic nitrogens is 2. The first kappa shape index (κ1) is 14.6. The van der Waals surface area contributed by atoms with Crippen molar-refractivity contribution in [3.63, 3.8) is 0 Å². The Balaban J connectivity index is 1.77. The minimum Gasteiger partial charge on any atom is -0.338 e. The predicted molar refractivity (Wildman–Crippen MR) is 84.0 cm³/mol. The van der Waals surface area contributed by atoms with Crippen LogP contribution < -0.4 is 5.73 Å². The molecular weight excluding hydrogens is 282 g/mol. The summed E-state index contributed by atoms with van der Waals surface area (Å²) in [6, 6.07) is 10.3. The van der Waals surface area contributed by atoms with Gasteiger partial charge in [-0.25, -0.2) is 0 Å². The van der Waals surface area contributed by atoms with Gasteiger partial charge >= 0.3 is 0 Å². The molecule has 1 unspecified atom stereocenters. The van der Waals surface area contributed by atoms with Crippen LogP contribution in [0.15, 0.2) is 39.8 Å². The van der Waals surface area contributed by atoms with Crippen LogP contribution in [0.1, 0.15) is 56.0 Å². The average molecular weight is 303 g/mol. The third-order valence-electron chi connectivity index (χ3n) is 4.05. The van der Waals surface area contributed by atoms with E-state index in [1.807, 2.05) is 18.2 Å². The summed E-state index contributed by atoms with van der Waals surface area (Å²) >= 11 is 1.76. The lowest BCUT2D eigenvalue weighted by Gasteiger charge is -2.18. The number of rotatable bonds is 5. The molecule has 0 bridgehead atoms. The lowest BCUT2D eigenvalue weighted by atomic mass is 9.99. The van der Waals surface area contributed by atoms with Gasteiger partial charge in [-0.05, 0) is 31.4 Å². The van der Waals surface area contributed by atoms with E-state index >= 15 is 0 Å². The highest BCUT2D eigenvalue weighted by Crippen LogP contribution is 2.39. The molecule has 112 valence electrons. The lowest BCUT2D eigenvalue weighted by Crippen LogP contribution is -2.34. The van der Waals surface area contributed by atoms with Crippen LogP contribution in [-0.2, 0) is 5.54 Å². The van der Waals surface area contributed by atoms with Crippen LogP contribution in [0.4, 0.5) is 0 Å². The van der Waals surface area contributed by atoms with Crippen LogP contribution in [0.3, 0.4) is 0 Å². The maximum Gasteiger partial charge on any atom is 0.240 e. The summed E-state index contributed by atoms with van der Waals surface area (Å²) in [5, 5.41) is 4.34. The second kappa shape index (κ2) is 6.20. The topological polar surface area (TPSA) is 64.9 Å². The molecule has 1 aromatic heterocycles. The normalized spacial score (nSPS) is 18.8. The van der Waals surface area contributed by atoms with Gasteiger partial charge in [-0.2, -0.15) is 4.98 Å². The van der Waals surface area contributed by atoms with Crippen molar-refractivity contribution in [1.29, 1.82) is 0 Å². The largest absolute Gasteiger partial charge is 0.338 e. The molecule has 0 saturated heterocycles. The van der Waals surface area contributed by atoms with Crippen LogP contribution in [0.5, 0.6) is 0 Å². The molecule has 4 nitrogen and oxygen atoms in total. The van der Waals surface area contributed by atoms with Gasteiger partial charge in [0.25, 0.3) is 0 Å². The standard InChI is InChI=1S/C16H21N3OS/c1-2-13(21-12-8-4-3-5-9-12)14-18-15(19-20-14)16(17)10-6-7-11-16/h3-5,8-9,13H,2,6-7,10-11,17H2,1H3. The highest BCUT2D eigenvalue weighted by Gasteiger charge is 2.36.